The van der Waals surface area contributed by atoms with Crippen LogP contribution in [0.1, 0.15) is 26.7 Å². The molecule has 8 heteroatoms. The minimum atomic E-state index is -2.99. The number of hydrogen-bond acceptors (Lipinski definition) is 6. The lowest BCUT2D eigenvalue weighted by Crippen LogP contribution is -2.03. The summed E-state index contributed by atoms with van der Waals surface area (Å²) >= 11 is -2.48. The molecule has 1 atom stereocenters. The number of hydrogen-bond donors (Lipinski definition) is 0. The maximum atomic E-state index is 11.9. The minimum Gasteiger partial charge on any atom is -0.750 e. The molecule has 0 saturated carbocycles. The van der Waals surface area contributed by atoms with Gasteiger partial charge in [0.05, 0.1) is 37.3 Å². The fraction of sp³-hybridized carbons (Fsp3) is 1.00. The third-order valence-electron chi connectivity index (χ3n) is 1.66. The molecule has 0 amide bonds. The van der Waals surface area contributed by atoms with Crippen LogP contribution in [0.4, 0.5) is 0 Å². The van der Waals surface area contributed by atoms with E-state index >= 15 is 0 Å². The van der Waals surface area contributed by atoms with E-state index < -0.39 is 19.0 Å². The summed E-state index contributed by atoms with van der Waals surface area (Å²) in [6, 6.07) is 0. The van der Waals surface area contributed by atoms with Crippen LogP contribution in [0.2, 0.25) is 0 Å². The van der Waals surface area contributed by atoms with E-state index in [4.69, 9.17) is 9.05 Å². The Balaban J connectivity index is 3.76. The molecule has 0 aromatic carbocycles. The summed E-state index contributed by atoms with van der Waals surface area (Å²) in [5.74, 6) is 0. The molecule has 0 aromatic rings. The minimum absolute atomic E-state index is 0.0916. The summed E-state index contributed by atoms with van der Waals surface area (Å²) in [5, 5.41) is 0. The van der Waals surface area contributed by atoms with Crippen LogP contribution in [0.3, 0.4) is 0 Å². The predicted octanol–water partition coefficient (Wildman–Crippen LogP) is 1.84. The van der Waals surface area contributed by atoms with Crippen LogP contribution in [0.5, 0.6) is 0 Å². The van der Waals surface area contributed by atoms with Gasteiger partial charge in [-0.2, -0.15) is 0 Å². The third-order valence-corrected chi connectivity index (χ3v) is 4.18. The second kappa shape index (κ2) is 9.27. The van der Waals surface area contributed by atoms with Crippen LogP contribution in [0, 0.1) is 0 Å². The van der Waals surface area contributed by atoms with Gasteiger partial charge in [0, 0.05) is 0 Å². The lowest BCUT2D eigenvalue weighted by molar-refractivity contribution is 0.218. The van der Waals surface area contributed by atoms with E-state index in [0.717, 1.165) is 0 Å². The second-order valence-electron chi connectivity index (χ2n) is 2.90. The summed E-state index contributed by atoms with van der Waals surface area (Å²) in [5.41, 5.74) is 0. The largest absolute Gasteiger partial charge is 0.750 e. The first kappa shape index (κ1) is 16.2. The summed E-state index contributed by atoms with van der Waals surface area (Å²) in [7, 11) is -2.99. The Morgan fingerprint density at radius 1 is 1.19 bits per heavy atom. The van der Waals surface area contributed by atoms with Crippen molar-refractivity contribution in [3.63, 3.8) is 0 Å². The summed E-state index contributed by atoms with van der Waals surface area (Å²) in [6.07, 6.45) is 1.32. The highest BCUT2D eigenvalue weighted by atomic mass is 32.2. The van der Waals surface area contributed by atoms with Crippen LogP contribution in [0.25, 0.3) is 0 Å². The predicted molar refractivity (Wildman–Crippen MR) is 59.8 cm³/mol. The molecule has 0 saturated heterocycles. The molecule has 6 nitrogen and oxygen atoms in total. The molecule has 0 aliphatic rings. The first-order chi connectivity index (χ1) is 7.54. The summed E-state index contributed by atoms with van der Waals surface area (Å²) in [4.78, 5) is 0. The third kappa shape index (κ3) is 8.38. The zero-order valence-corrected chi connectivity index (χ0v) is 11.3. The van der Waals surface area contributed by atoms with Gasteiger partial charge in [0.25, 0.3) is 0 Å². The van der Waals surface area contributed by atoms with Gasteiger partial charge in [-0.3, -0.25) is 4.57 Å². The van der Waals surface area contributed by atoms with Gasteiger partial charge in [0.1, 0.15) is 0 Å². The molecule has 0 aliphatic carbocycles. The Kier molecular flexibility index (Phi) is 9.40. The molecular formula is C8H18O6PS-. The van der Waals surface area contributed by atoms with Crippen LogP contribution in [0.15, 0.2) is 0 Å². The van der Waals surface area contributed by atoms with Crippen molar-refractivity contribution in [3.8, 4) is 0 Å². The zero-order valence-electron chi connectivity index (χ0n) is 9.55. The first-order valence-electron chi connectivity index (χ1n) is 5.14. The Morgan fingerprint density at radius 3 is 2.19 bits per heavy atom. The SMILES string of the molecule is CCOP(=O)(CCCCOS(=O)[O-])OCC. The van der Waals surface area contributed by atoms with Gasteiger partial charge in [-0.15, -0.1) is 0 Å². The van der Waals surface area contributed by atoms with Crippen molar-refractivity contribution in [2.24, 2.45) is 0 Å². The topological polar surface area (TPSA) is 84.9 Å². The first-order valence-corrected chi connectivity index (χ1v) is 7.87. The highest BCUT2D eigenvalue weighted by Crippen LogP contribution is 2.48. The monoisotopic (exact) mass is 273 g/mol. The van der Waals surface area contributed by atoms with Gasteiger partial charge in [-0.1, -0.05) is 0 Å². The second-order valence-corrected chi connectivity index (χ2v) is 5.73. The normalized spacial score (nSPS) is 13.9. The van der Waals surface area contributed by atoms with Crippen LogP contribution >= 0.6 is 7.60 Å². The van der Waals surface area contributed by atoms with E-state index in [0.29, 0.717) is 26.1 Å². The van der Waals surface area contributed by atoms with Gasteiger partial charge in [0.15, 0.2) is 0 Å². The average Bonchev–Trinajstić information content (AvgIpc) is 2.17. The molecule has 0 radical (unpaired) electrons. The fourth-order valence-corrected chi connectivity index (χ4v) is 3.08. The Labute approximate surface area is 98.7 Å². The van der Waals surface area contributed by atoms with Gasteiger partial charge in [-0.05, 0) is 26.7 Å². The van der Waals surface area contributed by atoms with E-state index in [1.54, 1.807) is 13.8 Å². The van der Waals surface area contributed by atoms with Crippen molar-refractivity contribution < 1.29 is 26.6 Å². The highest BCUT2D eigenvalue weighted by molar-refractivity contribution is 7.74. The van der Waals surface area contributed by atoms with Crippen molar-refractivity contribution in [1.29, 1.82) is 0 Å². The molecule has 16 heavy (non-hydrogen) atoms. The molecule has 0 aromatic heterocycles. The molecule has 0 spiro atoms. The average molecular weight is 273 g/mol. The molecule has 0 bridgehead atoms. The molecule has 0 aliphatic heterocycles. The molecule has 0 N–H and O–H groups in total. The molecule has 1 unspecified atom stereocenters. The standard InChI is InChI=1S/C8H19O6PS/c1-3-12-15(9,13-4-2)8-6-5-7-14-16(10)11/h3-8H2,1-2H3,(H,10,11)/p-1. The van der Waals surface area contributed by atoms with Gasteiger partial charge < -0.3 is 17.8 Å². The maximum Gasteiger partial charge on any atom is 0.330 e. The molecule has 0 rings (SSSR count). The van der Waals surface area contributed by atoms with E-state index in [1.807, 2.05) is 0 Å². The quantitative estimate of drug-likeness (QED) is 0.343. The van der Waals surface area contributed by atoms with Gasteiger partial charge in [-0.25, -0.2) is 4.21 Å². The van der Waals surface area contributed by atoms with Crippen molar-refractivity contribution in [1.82, 2.24) is 0 Å². The van der Waals surface area contributed by atoms with E-state index in [2.05, 4.69) is 4.18 Å². The summed E-state index contributed by atoms with van der Waals surface area (Å²) < 4.78 is 46.4. The van der Waals surface area contributed by atoms with Crippen molar-refractivity contribution in [3.05, 3.63) is 0 Å². The number of rotatable bonds is 10. The lowest BCUT2D eigenvalue weighted by atomic mass is 10.4. The lowest BCUT2D eigenvalue weighted by Gasteiger charge is -2.16. The zero-order chi connectivity index (χ0) is 12.4. The Hall–Kier alpha value is 0.220. The van der Waals surface area contributed by atoms with Gasteiger partial charge in [0.2, 0.25) is 0 Å². The van der Waals surface area contributed by atoms with Gasteiger partial charge >= 0.3 is 7.60 Å². The summed E-state index contributed by atoms with van der Waals surface area (Å²) in [6.45, 7) is 4.25. The Morgan fingerprint density at radius 2 is 1.75 bits per heavy atom. The van der Waals surface area contributed by atoms with E-state index in [9.17, 15) is 13.3 Å². The van der Waals surface area contributed by atoms with Crippen LogP contribution < -0.4 is 0 Å². The Bertz CT molecular complexity index is 237. The van der Waals surface area contributed by atoms with Crippen molar-refractivity contribution in [2.45, 2.75) is 26.7 Å². The maximum absolute atomic E-state index is 11.9. The van der Waals surface area contributed by atoms with Crippen LogP contribution in [-0.4, -0.2) is 34.7 Å². The van der Waals surface area contributed by atoms with Crippen LogP contribution in [-0.2, 0) is 29.2 Å². The molecular weight excluding hydrogens is 255 g/mol. The highest BCUT2D eigenvalue weighted by Gasteiger charge is 2.22. The smallest absolute Gasteiger partial charge is 0.330 e. The number of unbranched alkanes of at least 4 members (excludes halogenated alkanes) is 1. The van der Waals surface area contributed by atoms with Crippen molar-refractivity contribution >= 4 is 19.0 Å². The molecule has 0 heterocycles. The van der Waals surface area contributed by atoms with E-state index in [-0.39, 0.29) is 12.8 Å². The van der Waals surface area contributed by atoms with Crippen molar-refractivity contribution in [2.75, 3.05) is 26.0 Å². The molecule has 0 fully saturated rings. The molecule has 98 valence electrons. The fourth-order valence-electron chi connectivity index (χ4n) is 1.09. The van der Waals surface area contributed by atoms with E-state index in [1.165, 1.54) is 0 Å².